The van der Waals surface area contributed by atoms with Crippen LogP contribution in [0.15, 0.2) is 24.3 Å². The number of nitrogens with two attached hydrogens (primary N) is 1. The van der Waals surface area contributed by atoms with Crippen molar-refractivity contribution < 1.29 is 0 Å². The summed E-state index contributed by atoms with van der Waals surface area (Å²) in [7, 11) is 0. The first-order valence-corrected chi connectivity index (χ1v) is 5.88. The third-order valence-corrected chi connectivity index (χ3v) is 3.26. The third kappa shape index (κ3) is 1.75. The standard InChI is InChI=1S/C13H16N4/c1-9-15-12(14)13(16-9)17-7-6-10-4-2-3-5-11(10)8-17/h2-5H,6-8,14H2,1H3,(H,15,16). The van der Waals surface area contributed by atoms with Gasteiger partial charge >= 0.3 is 0 Å². The molecule has 0 radical (unpaired) electrons. The molecule has 3 N–H and O–H groups in total. The van der Waals surface area contributed by atoms with E-state index in [0.29, 0.717) is 5.82 Å². The lowest BCUT2D eigenvalue weighted by molar-refractivity contribution is 0.723. The average Bonchev–Trinajstić information content (AvgIpc) is 2.68. The van der Waals surface area contributed by atoms with E-state index in [0.717, 1.165) is 31.2 Å². The molecule has 2 aromatic rings. The molecular formula is C13H16N4. The number of imidazole rings is 1. The molecule has 1 aliphatic heterocycles. The first-order valence-electron chi connectivity index (χ1n) is 5.88. The van der Waals surface area contributed by atoms with Crippen LogP contribution in [0.2, 0.25) is 0 Å². The second-order valence-corrected chi connectivity index (χ2v) is 4.50. The van der Waals surface area contributed by atoms with E-state index in [-0.39, 0.29) is 0 Å². The van der Waals surface area contributed by atoms with Crippen LogP contribution in [0.3, 0.4) is 0 Å². The number of aromatic nitrogens is 2. The Morgan fingerprint density at radius 1 is 1.29 bits per heavy atom. The van der Waals surface area contributed by atoms with Crippen molar-refractivity contribution in [3.8, 4) is 0 Å². The highest BCUT2D eigenvalue weighted by Crippen LogP contribution is 2.26. The summed E-state index contributed by atoms with van der Waals surface area (Å²) in [5, 5.41) is 0. The highest BCUT2D eigenvalue weighted by atomic mass is 15.2. The number of aryl methyl sites for hydroxylation is 1. The lowest BCUT2D eigenvalue weighted by Gasteiger charge is -2.29. The minimum Gasteiger partial charge on any atom is -0.382 e. The molecule has 0 aliphatic carbocycles. The van der Waals surface area contributed by atoms with E-state index in [2.05, 4.69) is 39.1 Å². The first-order chi connectivity index (χ1) is 8.24. The second kappa shape index (κ2) is 3.80. The Morgan fingerprint density at radius 2 is 2.06 bits per heavy atom. The topological polar surface area (TPSA) is 57.9 Å². The van der Waals surface area contributed by atoms with Crippen molar-refractivity contribution in [3.63, 3.8) is 0 Å². The molecule has 2 heterocycles. The summed E-state index contributed by atoms with van der Waals surface area (Å²) in [6.45, 7) is 3.80. The van der Waals surface area contributed by atoms with Crippen molar-refractivity contribution in [2.24, 2.45) is 0 Å². The molecule has 0 bridgehead atoms. The van der Waals surface area contributed by atoms with Crippen LogP contribution < -0.4 is 10.6 Å². The number of H-pyrrole nitrogens is 1. The summed E-state index contributed by atoms with van der Waals surface area (Å²) in [6, 6.07) is 8.56. The molecule has 88 valence electrons. The van der Waals surface area contributed by atoms with Crippen molar-refractivity contribution in [1.82, 2.24) is 9.97 Å². The zero-order valence-electron chi connectivity index (χ0n) is 9.90. The molecule has 4 heteroatoms. The van der Waals surface area contributed by atoms with Gasteiger partial charge in [-0.2, -0.15) is 0 Å². The van der Waals surface area contributed by atoms with Gasteiger partial charge in [0.1, 0.15) is 11.6 Å². The van der Waals surface area contributed by atoms with Crippen molar-refractivity contribution >= 4 is 11.6 Å². The van der Waals surface area contributed by atoms with Crippen molar-refractivity contribution in [3.05, 3.63) is 41.2 Å². The molecule has 0 spiro atoms. The first kappa shape index (κ1) is 10.2. The van der Waals surface area contributed by atoms with Crippen LogP contribution in [0.25, 0.3) is 0 Å². The van der Waals surface area contributed by atoms with Gasteiger partial charge < -0.3 is 15.6 Å². The predicted molar refractivity (Wildman–Crippen MR) is 68.9 cm³/mol. The van der Waals surface area contributed by atoms with Crippen LogP contribution in [-0.4, -0.2) is 16.5 Å². The number of benzene rings is 1. The molecule has 0 saturated carbocycles. The van der Waals surface area contributed by atoms with Gasteiger partial charge in [0.15, 0.2) is 5.82 Å². The fraction of sp³-hybridized carbons (Fsp3) is 0.308. The molecule has 0 amide bonds. The summed E-state index contributed by atoms with van der Waals surface area (Å²) < 4.78 is 0. The van der Waals surface area contributed by atoms with Crippen molar-refractivity contribution in [1.29, 1.82) is 0 Å². The number of nitrogens with zero attached hydrogens (tertiary/aromatic N) is 2. The SMILES string of the molecule is Cc1nc(N2CCc3ccccc3C2)c(N)[nH]1. The molecular weight excluding hydrogens is 212 g/mol. The number of rotatable bonds is 1. The smallest absolute Gasteiger partial charge is 0.171 e. The van der Waals surface area contributed by atoms with Crippen LogP contribution in [0.5, 0.6) is 0 Å². The highest BCUT2D eigenvalue weighted by molar-refractivity contribution is 5.60. The van der Waals surface area contributed by atoms with E-state index in [9.17, 15) is 0 Å². The minimum absolute atomic E-state index is 0.668. The van der Waals surface area contributed by atoms with Crippen LogP contribution in [0, 0.1) is 6.92 Å². The van der Waals surface area contributed by atoms with Gasteiger partial charge in [0, 0.05) is 13.1 Å². The molecule has 1 aliphatic rings. The summed E-state index contributed by atoms with van der Waals surface area (Å²) in [4.78, 5) is 9.74. The summed E-state index contributed by atoms with van der Waals surface area (Å²) >= 11 is 0. The van der Waals surface area contributed by atoms with E-state index in [1.165, 1.54) is 11.1 Å². The summed E-state index contributed by atoms with van der Waals surface area (Å²) in [5.74, 6) is 2.43. The quantitative estimate of drug-likeness (QED) is 0.783. The fourth-order valence-electron chi connectivity index (χ4n) is 2.42. The molecule has 1 aromatic heterocycles. The Hall–Kier alpha value is -1.97. The molecule has 0 saturated heterocycles. The number of anilines is 2. The minimum atomic E-state index is 0.668. The van der Waals surface area contributed by atoms with Crippen molar-refractivity contribution in [2.75, 3.05) is 17.2 Å². The van der Waals surface area contributed by atoms with Gasteiger partial charge in [-0.15, -0.1) is 0 Å². The van der Waals surface area contributed by atoms with Gasteiger partial charge in [0.05, 0.1) is 0 Å². The Balaban J connectivity index is 1.92. The molecule has 3 rings (SSSR count). The van der Waals surface area contributed by atoms with Gasteiger partial charge in [-0.25, -0.2) is 4.98 Å². The zero-order valence-corrected chi connectivity index (χ0v) is 9.90. The highest BCUT2D eigenvalue weighted by Gasteiger charge is 2.19. The van der Waals surface area contributed by atoms with E-state index < -0.39 is 0 Å². The Labute approximate surface area is 100 Å². The zero-order chi connectivity index (χ0) is 11.8. The Kier molecular flexibility index (Phi) is 2.28. The molecule has 0 atom stereocenters. The maximum absolute atomic E-state index is 5.93. The normalized spacial score (nSPS) is 14.8. The predicted octanol–water partition coefficient (Wildman–Crippen LogP) is 1.86. The number of hydrogen-bond donors (Lipinski definition) is 2. The monoisotopic (exact) mass is 228 g/mol. The fourth-order valence-corrected chi connectivity index (χ4v) is 2.42. The lowest BCUT2D eigenvalue weighted by atomic mass is 10.00. The second-order valence-electron chi connectivity index (χ2n) is 4.50. The Morgan fingerprint density at radius 3 is 2.76 bits per heavy atom. The number of aromatic amines is 1. The number of nitrogens with one attached hydrogen (secondary N) is 1. The van der Waals surface area contributed by atoms with E-state index >= 15 is 0 Å². The Bertz CT molecular complexity index is 544. The van der Waals surface area contributed by atoms with Gasteiger partial charge in [0.2, 0.25) is 0 Å². The number of hydrogen-bond acceptors (Lipinski definition) is 3. The van der Waals surface area contributed by atoms with Gasteiger partial charge in [-0.1, -0.05) is 24.3 Å². The molecule has 1 aromatic carbocycles. The number of fused-ring (bicyclic) bond motifs is 1. The molecule has 0 fully saturated rings. The van der Waals surface area contributed by atoms with E-state index in [4.69, 9.17) is 5.73 Å². The molecule has 0 unspecified atom stereocenters. The molecule has 4 nitrogen and oxygen atoms in total. The molecule has 17 heavy (non-hydrogen) atoms. The van der Waals surface area contributed by atoms with Crippen LogP contribution >= 0.6 is 0 Å². The largest absolute Gasteiger partial charge is 0.382 e. The van der Waals surface area contributed by atoms with Gasteiger partial charge in [-0.3, -0.25) is 0 Å². The van der Waals surface area contributed by atoms with Crippen molar-refractivity contribution in [2.45, 2.75) is 19.9 Å². The summed E-state index contributed by atoms with van der Waals surface area (Å²) in [6.07, 6.45) is 1.06. The van der Waals surface area contributed by atoms with Crippen LogP contribution in [0.4, 0.5) is 11.6 Å². The maximum Gasteiger partial charge on any atom is 0.171 e. The lowest BCUT2D eigenvalue weighted by Crippen LogP contribution is -2.31. The number of nitrogen functional groups attached to an aromatic ring is 1. The van der Waals surface area contributed by atoms with E-state index in [1.807, 2.05) is 6.92 Å². The summed E-state index contributed by atoms with van der Waals surface area (Å²) in [5.41, 5.74) is 8.75. The average molecular weight is 228 g/mol. The van der Waals surface area contributed by atoms with Gasteiger partial charge in [0.25, 0.3) is 0 Å². The van der Waals surface area contributed by atoms with E-state index in [1.54, 1.807) is 0 Å². The van der Waals surface area contributed by atoms with Gasteiger partial charge in [-0.05, 0) is 24.5 Å². The maximum atomic E-state index is 5.93. The van der Waals surface area contributed by atoms with Crippen LogP contribution in [-0.2, 0) is 13.0 Å². The van der Waals surface area contributed by atoms with Crippen LogP contribution in [0.1, 0.15) is 17.0 Å². The third-order valence-electron chi connectivity index (χ3n) is 3.26.